The van der Waals surface area contributed by atoms with Gasteiger partial charge in [0, 0.05) is 13.1 Å². The maximum absolute atomic E-state index is 11.2. The standard InChI is InChI=1S/C7H10N8OS/c1-15-6(16)13-14-7(15)17-4-2-3(12-9)10-5(8)11-4/h2H,9H2,1H3,(H,13,16)(H3,8,10,11,12). The smallest absolute Gasteiger partial charge is 0.343 e. The van der Waals surface area contributed by atoms with Crippen LogP contribution < -0.4 is 22.7 Å². The van der Waals surface area contributed by atoms with E-state index in [0.717, 1.165) is 0 Å². The number of rotatable bonds is 3. The summed E-state index contributed by atoms with van der Waals surface area (Å²) >= 11 is 1.17. The molecule has 0 spiro atoms. The molecule has 0 aliphatic carbocycles. The van der Waals surface area contributed by atoms with Crippen LogP contribution in [0, 0.1) is 0 Å². The minimum atomic E-state index is -0.299. The molecule has 0 amide bonds. The van der Waals surface area contributed by atoms with Crippen molar-refractivity contribution in [1.82, 2.24) is 24.7 Å². The van der Waals surface area contributed by atoms with E-state index in [0.29, 0.717) is 16.0 Å². The molecule has 0 saturated heterocycles. The van der Waals surface area contributed by atoms with E-state index >= 15 is 0 Å². The molecular weight excluding hydrogens is 244 g/mol. The van der Waals surface area contributed by atoms with Crippen LogP contribution in [-0.2, 0) is 7.05 Å². The fourth-order valence-electron chi connectivity index (χ4n) is 1.09. The number of nitrogens with two attached hydrogens (primary N) is 2. The second-order valence-electron chi connectivity index (χ2n) is 3.07. The summed E-state index contributed by atoms with van der Waals surface area (Å²) in [6.45, 7) is 0. The summed E-state index contributed by atoms with van der Waals surface area (Å²) in [5.74, 6) is 5.71. The summed E-state index contributed by atoms with van der Waals surface area (Å²) in [6, 6.07) is 1.60. The number of aromatic amines is 1. The molecule has 2 rings (SSSR count). The monoisotopic (exact) mass is 254 g/mol. The van der Waals surface area contributed by atoms with Crippen LogP contribution in [-0.4, -0.2) is 24.7 Å². The first-order valence-corrected chi connectivity index (χ1v) is 5.32. The molecule has 2 aromatic rings. The van der Waals surface area contributed by atoms with Crippen LogP contribution in [0.1, 0.15) is 0 Å². The van der Waals surface area contributed by atoms with Gasteiger partial charge in [-0.3, -0.25) is 4.57 Å². The van der Waals surface area contributed by atoms with Gasteiger partial charge in [-0.2, -0.15) is 4.98 Å². The highest BCUT2D eigenvalue weighted by Crippen LogP contribution is 2.24. The highest BCUT2D eigenvalue weighted by molar-refractivity contribution is 7.99. The molecule has 0 aromatic carbocycles. The number of anilines is 2. The van der Waals surface area contributed by atoms with Crippen LogP contribution in [0.2, 0.25) is 0 Å². The Bertz CT molecular complexity index is 590. The van der Waals surface area contributed by atoms with Gasteiger partial charge in [-0.1, -0.05) is 0 Å². The normalized spacial score (nSPS) is 10.5. The lowest BCUT2D eigenvalue weighted by Gasteiger charge is -2.03. The first kappa shape index (κ1) is 11.4. The number of aromatic nitrogens is 5. The predicted molar refractivity (Wildman–Crippen MR) is 62.2 cm³/mol. The van der Waals surface area contributed by atoms with Crippen molar-refractivity contribution in [3.8, 4) is 0 Å². The van der Waals surface area contributed by atoms with Crippen LogP contribution in [0.5, 0.6) is 0 Å². The Morgan fingerprint density at radius 3 is 2.88 bits per heavy atom. The number of hydrogen-bond acceptors (Lipinski definition) is 8. The van der Waals surface area contributed by atoms with E-state index in [1.165, 1.54) is 16.3 Å². The van der Waals surface area contributed by atoms with Gasteiger partial charge in [0.25, 0.3) is 0 Å². The average Bonchev–Trinajstić information content (AvgIpc) is 2.60. The number of nitrogen functional groups attached to an aromatic ring is 2. The fourth-order valence-corrected chi connectivity index (χ4v) is 1.89. The summed E-state index contributed by atoms with van der Waals surface area (Å²) in [5.41, 5.74) is 7.58. The van der Waals surface area contributed by atoms with E-state index in [4.69, 9.17) is 11.6 Å². The molecular formula is C7H10N8OS. The van der Waals surface area contributed by atoms with Gasteiger partial charge in [0.05, 0.1) is 0 Å². The molecule has 0 saturated carbocycles. The molecule has 90 valence electrons. The summed E-state index contributed by atoms with van der Waals surface area (Å²) in [4.78, 5) is 19.0. The Labute approximate surface area is 99.6 Å². The highest BCUT2D eigenvalue weighted by atomic mass is 32.2. The van der Waals surface area contributed by atoms with E-state index in [-0.39, 0.29) is 11.6 Å². The summed E-state index contributed by atoms with van der Waals surface area (Å²) in [5, 5.41) is 7.16. The molecule has 0 bridgehead atoms. The van der Waals surface area contributed by atoms with Crippen LogP contribution in [0.15, 0.2) is 21.0 Å². The van der Waals surface area contributed by atoms with Crippen LogP contribution in [0.4, 0.5) is 11.8 Å². The number of H-pyrrole nitrogens is 1. The zero-order chi connectivity index (χ0) is 12.4. The van der Waals surface area contributed by atoms with Gasteiger partial charge < -0.3 is 11.2 Å². The Morgan fingerprint density at radius 2 is 2.29 bits per heavy atom. The summed E-state index contributed by atoms with van der Waals surface area (Å²) < 4.78 is 1.36. The van der Waals surface area contributed by atoms with Crippen molar-refractivity contribution in [3.63, 3.8) is 0 Å². The third kappa shape index (κ3) is 2.37. The lowest BCUT2D eigenvalue weighted by Crippen LogP contribution is -2.13. The van der Waals surface area contributed by atoms with Crippen molar-refractivity contribution in [3.05, 3.63) is 16.6 Å². The first-order chi connectivity index (χ1) is 8.10. The zero-order valence-electron chi connectivity index (χ0n) is 8.84. The largest absolute Gasteiger partial charge is 0.368 e. The van der Waals surface area contributed by atoms with Crippen molar-refractivity contribution in [1.29, 1.82) is 0 Å². The first-order valence-electron chi connectivity index (χ1n) is 4.50. The van der Waals surface area contributed by atoms with E-state index in [1.54, 1.807) is 13.1 Å². The van der Waals surface area contributed by atoms with Crippen LogP contribution >= 0.6 is 11.8 Å². The third-order valence-electron chi connectivity index (χ3n) is 1.90. The Balaban J connectivity index is 2.33. The predicted octanol–water partition coefficient (Wildman–Crippen LogP) is -1.08. The minimum Gasteiger partial charge on any atom is -0.368 e. The molecule has 2 heterocycles. The average molecular weight is 254 g/mol. The lowest BCUT2D eigenvalue weighted by atomic mass is 10.6. The number of nitrogens with zero attached hydrogens (tertiary/aromatic N) is 4. The number of hydrogen-bond donors (Lipinski definition) is 4. The highest BCUT2D eigenvalue weighted by Gasteiger charge is 2.09. The molecule has 0 aliphatic heterocycles. The van der Waals surface area contributed by atoms with Crippen molar-refractivity contribution in [2.24, 2.45) is 12.9 Å². The van der Waals surface area contributed by atoms with Gasteiger partial charge in [0.1, 0.15) is 10.8 Å². The minimum absolute atomic E-state index is 0.0866. The molecule has 2 aromatic heterocycles. The maximum Gasteiger partial charge on any atom is 0.343 e. The van der Waals surface area contributed by atoms with Gasteiger partial charge in [-0.05, 0) is 11.8 Å². The molecule has 6 N–H and O–H groups in total. The van der Waals surface area contributed by atoms with E-state index in [2.05, 4.69) is 25.6 Å². The van der Waals surface area contributed by atoms with E-state index in [1.807, 2.05) is 0 Å². The Morgan fingerprint density at radius 1 is 1.53 bits per heavy atom. The van der Waals surface area contributed by atoms with Crippen LogP contribution in [0.3, 0.4) is 0 Å². The SMILES string of the molecule is Cn1c(Sc2cc(NN)nc(N)n2)n[nH]c1=O. The van der Waals surface area contributed by atoms with Crippen molar-refractivity contribution >= 4 is 23.5 Å². The molecule has 0 radical (unpaired) electrons. The zero-order valence-corrected chi connectivity index (χ0v) is 9.65. The fraction of sp³-hybridized carbons (Fsp3) is 0.143. The quantitative estimate of drug-likeness (QED) is 0.308. The molecule has 0 unspecified atom stereocenters. The topological polar surface area (TPSA) is 141 Å². The molecule has 10 heteroatoms. The Kier molecular flexibility index (Phi) is 2.97. The second kappa shape index (κ2) is 4.43. The lowest BCUT2D eigenvalue weighted by molar-refractivity contribution is 0.764. The van der Waals surface area contributed by atoms with Gasteiger partial charge in [0.15, 0.2) is 5.16 Å². The molecule has 9 nitrogen and oxygen atoms in total. The van der Waals surface area contributed by atoms with Gasteiger partial charge in [0.2, 0.25) is 5.95 Å². The number of nitrogens with one attached hydrogen (secondary N) is 2. The van der Waals surface area contributed by atoms with Gasteiger partial charge >= 0.3 is 5.69 Å². The van der Waals surface area contributed by atoms with E-state index in [9.17, 15) is 4.79 Å². The van der Waals surface area contributed by atoms with Crippen molar-refractivity contribution in [2.75, 3.05) is 11.2 Å². The van der Waals surface area contributed by atoms with Gasteiger partial charge in [-0.25, -0.2) is 20.7 Å². The van der Waals surface area contributed by atoms with Gasteiger partial charge in [-0.15, -0.1) is 5.10 Å². The second-order valence-corrected chi connectivity index (χ2v) is 4.05. The molecule has 0 atom stereocenters. The van der Waals surface area contributed by atoms with E-state index < -0.39 is 0 Å². The molecule has 0 fully saturated rings. The van der Waals surface area contributed by atoms with Crippen molar-refractivity contribution in [2.45, 2.75) is 10.2 Å². The summed E-state index contributed by atoms with van der Waals surface area (Å²) in [6.07, 6.45) is 0. The number of hydrazine groups is 1. The third-order valence-corrected chi connectivity index (χ3v) is 2.87. The maximum atomic E-state index is 11.2. The van der Waals surface area contributed by atoms with Crippen molar-refractivity contribution < 1.29 is 0 Å². The Hall–Kier alpha value is -2.07. The molecule has 0 aliphatic rings. The summed E-state index contributed by atoms with van der Waals surface area (Å²) in [7, 11) is 1.60. The molecule has 17 heavy (non-hydrogen) atoms. The van der Waals surface area contributed by atoms with Crippen LogP contribution in [0.25, 0.3) is 0 Å².